The molecule has 0 spiro atoms. The molecular weight excluding hydrogens is 321 g/mol. The number of rotatable bonds is 2. The van der Waals surface area contributed by atoms with Gasteiger partial charge in [-0.1, -0.05) is 0 Å². The maximum absolute atomic E-state index is 12.1. The number of ether oxygens (including phenoxy) is 1. The molecule has 0 aliphatic rings. The summed E-state index contributed by atoms with van der Waals surface area (Å²) in [5, 5.41) is 0. The monoisotopic (exact) mass is 343 g/mol. The Kier molecular flexibility index (Phi) is 4.23. The Morgan fingerprint density at radius 1 is 1.29 bits per heavy atom. The first-order valence-corrected chi connectivity index (χ1v) is 15.8. The summed E-state index contributed by atoms with van der Waals surface area (Å²) < 4.78 is 6.51. The van der Waals surface area contributed by atoms with Crippen molar-refractivity contribution in [2.24, 2.45) is 0 Å². The molecule has 0 fully saturated rings. The quantitative estimate of drug-likeness (QED) is 0.613. The van der Waals surface area contributed by atoms with Crippen molar-refractivity contribution in [3.8, 4) is 0 Å². The molecule has 1 aromatic heterocycles. The fraction of sp³-hybridized carbons (Fsp3) is 0.538. The van der Waals surface area contributed by atoms with E-state index in [-0.39, 0.29) is 5.97 Å². The number of hydrogen-bond acceptors (Lipinski definition) is 3. The molecule has 1 aromatic rings. The van der Waals surface area contributed by atoms with Crippen molar-refractivity contribution in [1.82, 2.24) is 4.98 Å². The van der Waals surface area contributed by atoms with Crippen LogP contribution in [0, 0.1) is 0 Å². The minimum atomic E-state index is -2.32. The van der Waals surface area contributed by atoms with Crippen molar-refractivity contribution in [3.63, 3.8) is 0 Å². The van der Waals surface area contributed by atoms with Crippen LogP contribution < -0.4 is 3.58 Å². The van der Waals surface area contributed by atoms with Gasteiger partial charge in [0.2, 0.25) is 0 Å². The number of aromatic nitrogens is 1. The SMILES string of the molecule is CC(C)(C)OC(=O)c1nccc[c]1[Sn]([CH3])([CH3])[CH3]. The maximum atomic E-state index is 12.1. The number of nitrogens with zero attached hydrogens (tertiary/aromatic N) is 1. The summed E-state index contributed by atoms with van der Waals surface area (Å²) >= 11 is -2.32. The third kappa shape index (κ3) is 4.30. The number of esters is 1. The van der Waals surface area contributed by atoms with Crippen LogP contribution in [0.5, 0.6) is 0 Å². The average Bonchev–Trinajstić information content (AvgIpc) is 2.13. The molecule has 4 heteroatoms. The van der Waals surface area contributed by atoms with E-state index >= 15 is 0 Å². The van der Waals surface area contributed by atoms with Crippen molar-refractivity contribution >= 4 is 27.9 Å². The van der Waals surface area contributed by atoms with E-state index in [1.54, 1.807) is 6.20 Å². The zero-order valence-corrected chi connectivity index (χ0v) is 14.3. The van der Waals surface area contributed by atoms with Gasteiger partial charge in [-0.2, -0.15) is 0 Å². The normalized spacial score (nSPS) is 12.4. The Labute approximate surface area is 107 Å². The zero-order chi connectivity index (χ0) is 13.3. The molecule has 0 bridgehead atoms. The van der Waals surface area contributed by atoms with E-state index in [9.17, 15) is 4.79 Å². The summed E-state index contributed by atoms with van der Waals surface area (Å²) in [5.74, 6) is -0.306. The van der Waals surface area contributed by atoms with Crippen LogP contribution in [0.2, 0.25) is 14.8 Å². The van der Waals surface area contributed by atoms with E-state index in [1.165, 1.54) is 0 Å². The summed E-state index contributed by atoms with van der Waals surface area (Å²) in [6, 6.07) is 3.91. The Morgan fingerprint density at radius 2 is 1.88 bits per heavy atom. The van der Waals surface area contributed by atoms with Gasteiger partial charge in [0.25, 0.3) is 0 Å². The molecule has 0 saturated carbocycles. The van der Waals surface area contributed by atoms with Crippen molar-refractivity contribution < 1.29 is 9.53 Å². The predicted octanol–water partition coefficient (Wildman–Crippen LogP) is 2.58. The third-order valence-corrected chi connectivity index (χ3v) is 7.97. The summed E-state index contributed by atoms with van der Waals surface area (Å²) in [6.07, 6.45) is 1.65. The van der Waals surface area contributed by atoms with Gasteiger partial charge >= 0.3 is 108 Å². The second-order valence-electron chi connectivity index (χ2n) is 6.15. The van der Waals surface area contributed by atoms with Gasteiger partial charge in [0, 0.05) is 0 Å². The predicted molar refractivity (Wildman–Crippen MR) is 72.4 cm³/mol. The molecule has 0 unspecified atom stereocenters. The van der Waals surface area contributed by atoms with Crippen LogP contribution in [0.4, 0.5) is 0 Å². The van der Waals surface area contributed by atoms with Crippen LogP contribution in [0.15, 0.2) is 18.3 Å². The first-order valence-electron chi connectivity index (χ1n) is 5.80. The molecule has 94 valence electrons. The fourth-order valence-corrected chi connectivity index (χ4v) is 5.70. The molecule has 0 aliphatic carbocycles. The van der Waals surface area contributed by atoms with Crippen LogP contribution in [0.1, 0.15) is 31.3 Å². The van der Waals surface area contributed by atoms with Crippen molar-refractivity contribution in [2.75, 3.05) is 0 Å². The molecule has 3 nitrogen and oxygen atoms in total. The van der Waals surface area contributed by atoms with Crippen LogP contribution in [-0.4, -0.2) is 34.9 Å². The van der Waals surface area contributed by atoms with Crippen LogP contribution >= 0.6 is 0 Å². The molecule has 0 atom stereocenters. The van der Waals surface area contributed by atoms with E-state index in [0.717, 1.165) is 3.58 Å². The second-order valence-corrected chi connectivity index (χ2v) is 20.5. The summed E-state index contributed by atoms with van der Waals surface area (Å²) in [5.41, 5.74) is 0.0324. The van der Waals surface area contributed by atoms with Crippen LogP contribution in [0.3, 0.4) is 0 Å². The Bertz CT molecular complexity index is 416. The molecule has 0 radical (unpaired) electrons. The van der Waals surface area contributed by atoms with E-state index in [4.69, 9.17) is 4.74 Å². The molecule has 0 saturated heterocycles. The first-order chi connectivity index (χ1) is 7.61. The first kappa shape index (κ1) is 14.5. The second kappa shape index (κ2) is 4.96. The van der Waals surface area contributed by atoms with Gasteiger partial charge < -0.3 is 0 Å². The van der Waals surface area contributed by atoms with Gasteiger partial charge in [0.05, 0.1) is 0 Å². The number of hydrogen-bond donors (Lipinski definition) is 0. The van der Waals surface area contributed by atoms with E-state index in [0.29, 0.717) is 5.69 Å². The van der Waals surface area contributed by atoms with Gasteiger partial charge in [-0.25, -0.2) is 0 Å². The van der Waals surface area contributed by atoms with Crippen molar-refractivity contribution in [1.29, 1.82) is 0 Å². The third-order valence-electron chi connectivity index (χ3n) is 2.21. The van der Waals surface area contributed by atoms with Gasteiger partial charge in [-0.05, 0) is 0 Å². The number of carbonyl (C=O) groups excluding carboxylic acids is 1. The molecule has 0 aliphatic heterocycles. The fourth-order valence-electron chi connectivity index (χ4n) is 1.50. The van der Waals surface area contributed by atoms with Gasteiger partial charge in [0.15, 0.2) is 0 Å². The van der Waals surface area contributed by atoms with Crippen molar-refractivity contribution in [3.05, 3.63) is 24.0 Å². The van der Waals surface area contributed by atoms with E-state index in [1.807, 2.05) is 32.9 Å². The standard InChI is InChI=1S/C10H12NO2.3CH3.Sn/c1-10(2,3)13-9(12)8-6-4-5-7-11-8;;;;/h4-5,7H,1-3H3;3*1H3;. The Morgan fingerprint density at radius 3 is 2.35 bits per heavy atom. The summed E-state index contributed by atoms with van der Waals surface area (Å²) in [7, 11) is 0. The summed E-state index contributed by atoms with van der Waals surface area (Å²) in [6.45, 7) is 5.61. The van der Waals surface area contributed by atoms with Gasteiger partial charge in [-0.3, -0.25) is 0 Å². The molecule has 1 heterocycles. The van der Waals surface area contributed by atoms with Crippen LogP contribution in [0.25, 0.3) is 0 Å². The number of pyridine rings is 1. The van der Waals surface area contributed by atoms with E-state index in [2.05, 4.69) is 19.8 Å². The molecule has 0 aromatic carbocycles. The zero-order valence-electron chi connectivity index (χ0n) is 11.5. The van der Waals surface area contributed by atoms with Crippen molar-refractivity contribution in [2.45, 2.75) is 41.2 Å². The molecule has 1 rings (SSSR count). The van der Waals surface area contributed by atoms with Gasteiger partial charge in [-0.15, -0.1) is 0 Å². The molecule has 17 heavy (non-hydrogen) atoms. The van der Waals surface area contributed by atoms with Crippen LogP contribution in [-0.2, 0) is 4.74 Å². The molecule has 0 N–H and O–H groups in total. The minimum absolute atomic E-state index is 0.306. The average molecular weight is 342 g/mol. The molecule has 0 amide bonds. The molecular formula is C13H21NO2Sn. The summed E-state index contributed by atoms with van der Waals surface area (Å²) in [4.78, 5) is 23.1. The Hall–Kier alpha value is -0.581. The van der Waals surface area contributed by atoms with Gasteiger partial charge in [0.1, 0.15) is 0 Å². The topological polar surface area (TPSA) is 39.2 Å². The Balaban J connectivity index is 3.11. The van der Waals surface area contributed by atoms with E-state index < -0.39 is 24.0 Å². The number of carbonyl (C=O) groups is 1.